The number of carbonyl (C=O) groups excluding carboxylic acids is 1. The molecule has 0 saturated heterocycles. The number of rotatable bonds is 1. The van der Waals surface area contributed by atoms with Gasteiger partial charge in [-0.3, -0.25) is 4.79 Å². The number of nitrogens with one attached hydrogen (secondary N) is 1. The van der Waals surface area contributed by atoms with Gasteiger partial charge in [0.15, 0.2) is 0 Å². The number of aromatic amines is 1. The summed E-state index contributed by atoms with van der Waals surface area (Å²) in [6.45, 7) is 1.96. The van der Waals surface area contributed by atoms with Crippen LogP contribution in [0.1, 0.15) is 16.1 Å². The zero-order valence-corrected chi connectivity index (χ0v) is 7.72. The molecule has 0 unspecified atom stereocenters. The summed E-state index contributed by atoms with van der Waals surface area (Å²) >= 11 is 5.33. The molecule has 13 heavy (non-hydrogen) atoms. The summed E-state index contributed by atoms with van der Waals surface area (Å²) in [5.74, 6) is 0. The fraction of sp³-hybridized carbons (Fsp3) is 0.111. The lowest BCUT2D eigenvalue weighted by Gasteiger charge is -1.91. The third-order valence-corrected chi connectivity index (χ3v) is 2.17. The first-order chi connectivity index (χ1) is 6.18. The van der Waals surface area contributed by atoms with Crippen LogP contribution >= 0.6 is 11.6 Å². The molecule has 0 atom stereocenters. The van der Waals surface area contributed by atoms with Crippen molar-refractivity contribution in [2.24, 2.45) is 0 Å². The van der Waals surface area contributed by atoms with Crippen LogP contribution < -0.4 is 0 Å². The molecular formula is C9H7ClN2O. The van der Waals surface area contributed by atoms with Crippen LogP contribution in [-0.2, 0) is 0 Å². The first kappa shape index (κ1) is 8.26. The lowest BCUT2D eigenvalue weighted by atomic mass is 10.2. The number of halogens is 1. The summed E-state index contributed by atoms with van der Waals surface area (Å²) in [6.07, 6.45) is 1.69. The van der Waals surface area contributed by atoms with E-state index in [1.54, 1.807) is 12.3 Å². The maximum Gasteiger partial charge on any atom is 0.268 e. The molecule has 2 heterocycles. The SMILES string of the molecule is Cc1ccnc2[nH]c(C(=O)Cl)cc12. The van der Waals surface area contributed by atoms with Crippen molar-refractivity contribution in [2.75, 3.05) is 0 Å². The minimum atomic E-state index is -0.489. The second kappa shape index (κ2) is 2.85. The van der Waals surface area contributed by atoms with E-state index in [0.29, 0.717) is 11.3 Å². The van der Waals surface area contributed by atoms with Crippen LogP contribution in [0.3, 0.4) is 0 Å². The van der Waals surface area contributed by atoms with E-state index in [0.717, 1.165) is 10.9 Å². The summed E-state index contributed by atoms with van der Waals surface area (Å²) in [7, 11) is 0. The van der Waals surface area contributed by atoms with E-state index in [1.807, 2.05) is 13.0 Å². The van der Waals surface area contributed by atoms with Crippen LogP contribution in [0.2, 0.25) is 0 Å². The second-order valence-electron chi connectivity index (χ2n) is 2.85. The largest absolute Gasteiger partial charge is 0.336 e. The summed E-state index contributed by atoms with van der Waals surface area (Å²) in [6, 6.07) is 3.60. The van der Waals surface area contributed by atoms with Crippen LogP contribution in [0.25, 0.3) is 11.0 Å². The normalized spacial score (nSPS) is 10.6. The molecule has 0 bridgehead atoms. The molecule has 0 radical (unpaired) electrons. The molecule has 2 rings (SSSR count). The van der Waals surface area contributed by atoms with Gasteiger partial charge in [0.1, 0.15) is 11.3 Å². The number of aromatic nitrogens is 2. The molecule has 2 aromatic rings. The first-order valence-electron chi connectivity index (χ1n) is 3.82. The predicted molar refractivity (Wildman–Crippen MR) is 51.0 cm³/mol. The fourth-order valence-corrected chi connectivity index (χ4v) is 1.37. The molecule has 0 spiro atoms. The molecular weight excluding hydrogens is 188 g/mol. The van der Waals surface area contributed by atoms with Gasteiger partial charge in [0.2, 0.25) is 0 Å². The number of pyridine rings is 1. The average Bonchev–Trinajstić information content (AvgIpc) is 2.49. The number of aryl methyl sites for hydroxylation is 1. The highest BCUT2D eigenvalue weighted by atomic mass is 35.5. The van der Waals surface area contributed by atoms with Crippen LogP contribution in [-0.4, -0.2) is 15.2 Å². The Morgan fingerprint density at radius 3 is 3.00 bits per heavy atom. The van der Waals surface area contributed by atoms with Gasteiger partial charge < -0.3 is 4.98 Å². The molecule has 0 amide bonds. The summed E-state index contributed by atoms with van der Waals surface area (Å²) in [5.41, 5.74) is 2.16. The van der Waals surface area contributed by atoms with E-state index in [9.17, 15) is 4.79 Å². The standard InChI is InChI=1S/C9H7ClN2O/c1-5-2-3-11-9-6(5)4-7(12-9)8(10)13/h2-4H,1H3,(H,11,12). The number of nitrogens with zero attached hydrogens (tertiary/aromatic N) is 1. The Hall–Kier alpha value is -1.35. The molecule has 0 fully saturated rings. The first-order valence-corrected chi connectivity index (χ1v) is 4.20. The van der Waals surface area contributed by atoms with Gasteiger partial charge in [-0.05, 0) is 36.2 Å². The predicted octanol–water partition coefficient (Wildman–Crippen LogP) is 2.25. The molecule has 3 nitrogen and oxygen atoms in total. The summed E-state index contributed by atoms with van der Waals surface area (Å²) in [4.78, 5) is 17.8. The molecule has 0 aromatic carbocycles. The van der Waals surface area contributed by atoms with Crippen LogP contribution in [0.5, 0.6) is 0 Å². The van der Waals surface area contributed by atoms with Crippen LogP contribution in [0.15, 0.2) is 18.3 Å². The average molecular weight is 195 g/mol. The van der Waals surface area contributed by atoms with Gasteiger partial charge in [-0.25, -0.2) is 4.98 Å². The van der Waals surface area contributed by atoms with E-state index < -0.39 is 5.24 Å². The highest BCUT2D eigenvalue weighted by Crippen LogP contribution is 2.17. The minimum Gasteiger partial charge on any atom is -0.336 e. The fourth-order valence-electron chi connectivity index (χ4n) is 1.27. The monoisotopic (exact) mass is 194 g/mol. The molecule has 0 saturated carbocycles. The van der Waals surface area contributed by atoms with E-state index in [-0.39, 0.29) is 0 Å². The number of hydrogen-bond acceptors (Lipinski definition) is 2. The third kappa shape index (κ3) is 1.31. The van der Waals surface area contributed by atoms with E-state index in [4.69, 9.17) is 11.6 Å². The molecule has 66 valence electrons. The molecule has 4 heteroatoms. The maximum absolute atomic E-state index is 10.8. The highest BCUT2D eigenvalue weighted by molar-refractivity contribution is 6.67. The number of hydrogen-bond donors (Lipinski definition) is 1. The lowest BCUT2D eigenvalue weighted by Crippen LogP contribution is -1.86. The van der Waals surface area contributed by atoms with Crippen molar-refractivity contribution in [1.82, 2.24) is 9.97 Å². The van der Waals surface area contributed by atoms with Crippen molar-refractivity contribution in [3.63, 3.8) is 0 Å². The van der Waals surface area contributed by atoms with Crippen LogP contribution in [0.4, 0.5) is 0 Å². The number of carbonyl (C=O) groups is 1. The zero-order valence-electron chi connectivity index (χ0n) is 6.97. The number of fused-ring (bicyclic) bond motifs is 1. The van der Waals surface area contributed by atoms with Gasteiger partial charge in [0.25, 0.3) is 5.24 Å². The topological polar surface area (TPSA) is 45.8 Å². The van der Waals surface area contributed by atoms with E-state index >= 15 is 0 Å². The zero-order chi connectivity index (χ0) is 9.42. The highest BCUT2D eigenvalue weighted by Gasteiger charge is 2.07. The Morgan fingerprint density at radius 2 is 2.38 bits per heavy atom. The molecule has 0 aliphatic heterocycles. The van der Waals surface area contributed by atoms with Crippen LogP contribution in [0, 0.1) is 6.92 Å². The Kier molecular flexibility index (Phi) is 1.81. The van der Waals surface area contributed by atoms with Crippen molar-refractivity contribution in [2.45, 2.75) is 6.92 Å². The molecule has 2 aromatic heterocycles. The van der Waals surface area contributed by atoms with Crippen molar-refractivity contribution in [3.05, 3.63) is 29.6 Å². The third-order valence-electron chi connectivity index (χ3n) is 1.96. The second-order valence-corrected chi connectivity index (χ2v) is 3.19. The maximum atomic E-state index is 10.8. The van der Waals surface area contributed by atoms with Gasteiger partial charge >= 0.3 is 0 Å². The molecule has 1 N–H and O–H groups in total. The van der Waals surface area contributed by atoms with Gasteiger partial charge in [-0.2, -0.15) is 0 Å². The number of H-pyrrole nitrogens is 1. The Balaban J connectivity index is 2.75. The van der Waals surface area contributed by atoms with Gasteiger partial charge in [-0.1, -0.05) is 0 Å². The van der Waals surface area contributed by atoms with Crippen molar-refractivity contribution < 1.29 is 4.79 Å². The summed E-state index contributed by atoms with van der Waals surface area (Å²) in [5, 5.41) is 0.448. The smallest absolute Gasteiger partial charge is 0.268 e. The van der Waals surface area contributed by atoms with Gasteiger partial charge in [0, 0.05) is 11.6 Å². The van der Waals surface area contributed by atoms with Gasteiger partial charge in [-0.15, -0.1) is 0 Å². The van der Waals surface area contributed by atoms with Gasteiger partial charge in [0.05, 0.1) is 0 Å². The molecule has 0 aliphatic carbocycles. The Bertz CT molecular complexity index is 475. The van der Waals surface area contributed by atoms with Crippen molar-refractivity contribution in [1.29, 1.82) is 0 Å². The Morgan fingerprint density at radius 1 is 1.62 bits per heavy atom. The quantitative estimate of drug-likeness (QED) is 0.708. The minimum absolute atomic E-state index is 0.387. The summed E-state index contributed by atoms with van der Waals surface area (Å²) < 4.78 is 0. The van der Waals surface area contributed by atoms with E-state index in [2.05, 4.69) is 9.97 Å². The van der Waals surface area contributed by atoms with Crippen molar-refractivity contribution in [3.8, 4) is 0 Å². The lowest BCUT2D eigenvalue weighted by molar-refractivity contribution is 0.107. The Labute approximate surface area is 79.7 Å². The van der Waals surface area contributed by atoms with E-state index in [1.165, 1.54) is 0 Å². The van der Waals surface area contributed by atoms with Crippen molar-refractivity contribution >= 4 is 27.9 Å². The molecule has 0 aliphatic rings.